The number of hydrogen-bond acceptors (Lipinski definition) is 4. The van der Waals surface area contributed by atoms with Crippen molar-refractivity contribution in [3.63, 3.8) is 0 Å². The van der Waals surface area contributed by atoms with E-state index in [1.54, 1.807) is 7.11 Å². The number of aliphatic imine (C=N–C) groups is 1. The van der Waals surface area contributed by atoms with Crippen molar-refractivity contribution < 1.29 is 9.47 Å². The number of likely N-dealkylation sites (tertiary alicyclic amines) is 1. The first-order chi connectivity index (χ1) is 13.2. The molecule has 1 aliphatic heterocycles. The van der Waals surface area contributed by atoms with Crippen molar-refractivity contribution in [2.45, 2.75) is 51.5 Å². The Hall–Kier alpha value is -0.850. The molecule has 2 unspecified atom stereocenters. The molecule has 2 aliphatic rings. The van der Waals surface area contributed by atoms with Gasteiger partial charge in [-0.15, -0.1) is 0 Å². The molecule has 0 aromatic heterocycles. The zero-order valence-electron chi connectivity index (χ0n) is 18.1. The molecule has 0 radical (unpaired) electrons. The van der Waals surface area contributed by atoms with Crippen LogP contribution in [0.3, 0.4) is 0 Å². The minimum atomic E-state index is 0.551. The summed E-state index contributed by atoms with van der Waals surface area (Å²) < 4.78 is 10.8. The third-order valence-corrected chi connectivity index (χ3v) is 5.99. The van der Waals surface area contributed by atoms with E-state index in [9.17, 15) is 0 Å². The summed E-state index contributed by atoms with van der Waals surface area (Å²) in [6.07, 6.45) is 8.08. The van der Waals surface area contributed by atoms with Crippen LogP contribution >= 0.6 is 0 Å². The number of nitrogens with zero attached hydrogens (tertiary/aromatic N) is 3. The monoisotopic (exact) mass is 382 g/mol. The molecule has 158 valence electrons. The molecule has 2 atom stereocenters. The van der Waals surface area contributed by atoms with Gasteiger partial charge < -0.3 is 24.6 Å². The maximum absolute atomic E-state index is 5.74. The van der Waals surface area contributed by atoms with Gasteiger partial charge in [0.15, 0.2) is 5.96 Å². The highest BCUT2D eigenvalue weighted by atomic mass is 16.5. The predicted octanol–water partition coefficient (Wildman–Crippen LogP) is 2.45. The van der Waals surface area contributed by atoms with Crippen LogP contribution in [0, 0.1) is 11.8 Å². The molecule has 2 fully saturated rings. The maximum atomic E-state index is 5.74. The number of nitrogens with one attached hydrogen (secondary N) is 1. The van der Waals surface area contributed by atoms with Gasteiger partial charge in [-0.2, -0.15) is 0 Å². The Bertz CT molecular complexity index is 424. The summed E-state index contributed by atoms with van der Waals surface area (Å²) in [7, 11) is 6.14. The van der Waals surface area contributed by atoms with Gasteiger partial charge in [-0.25, -0.2) is 0 Å². The van der Waals surface area contributed by atoms with Gasteiger partial charge in [0.25, 0.3) is 0 Å². The highest BCUT2D eigenvalue weighted by Gasteiger charge is 2.27. The molecule has 6 heteroatoms. The van der Waals surface area contributed by atoms with E-state index in [4.69, 9.17) is 14.5 Å². The van der Waals surface area contributed by atoms with Crippen molar-refractivity contribution >= 4 is 5.96 Å². The first-order valence-electron chi connectivity index (χ1n) is 10.9. The first-order valence-corrected chi connectivity index (χ1v) is 10.9. The van der Waals surface area contributed by atoms with Crippen LogP contribution in [0.2, 0.25) is 0 Å². The normalized spacial score (nSPS) is 23.2. The van der Waals surface area contributed by atoms with E-state index in [0.717, 1.165) is 44.7 Å². The molecule has 0 bridgehead atoms. The fourth-order valence-corrected chi connectivity index (χ4v) is 4.41. The lowest BCUT2D eigenvalue weighted by Gasteiger charge is -2.34. The van der Waals surface area contributed by atoms with Crippen molar-refractivity contribution in [2.24, 2.45) is 16.8 Å². The molecule has 27 heavy (non-hydrogen) atoms. The van der Waals surface area contributed by atoms with Gasteiger partial charge in [0, 0.05) is 38.7 Å². The van der Waals surface area contributed by atoms with E-state index < -0.39 is 0 Å². The maximum Gasteiger partial charge on any atom is 0.193 e. The van der Waals surface area contributed by atoms with Crippen molar-refractivity contribution in [3.05, 3.63) is 0 Å². The molecule has 1 N–H and O–H groups in total. The van der Waals surface area contributed by atoms with E-state index in [-0.39, 0.29) is 0 Å². The predicted molar refractivity (Wildman–Crippen MR) is 112 cm³/mol. The van der Waals surface area contributed by atoms with Crippen molar-refractivity contribution in [2.75, 3.05) is 67.2 Å². The third-order valence-electron chi connectivity index (χ3n) is 5.99. The standard InChI is InChI=1S/C21H42N4O2/c1-5-22-21(25-12-11-18(16-25)17-27-14-13-26-4)23-15-20(24(2)3)19-9-7-6-8-10-19/h18-20H,5-17H2,1-4H3,(H,22,23). The SMILES string of the molecule is CCNC(=NCC(C1CCCCC1)N(C)C)N1CCC(COCCOC)C1. The summed E-state index contributed by atoms with van der Waals surface area (Å²) in [6, 6.07) is 0.551. The van der Waals surface area contributed by atoms with Gasteiger partial charge in [-0.1, -0.05) is 19.3 Å². The van der Waals surface area contributed by atoms with Crippen molar-refractivity contribution in [1.29, 1.82) is 0 Å². The topological polar surface area (TPSA) is 49.3 Å². The fourth-order valence-electron chi connectivity index (χ4n) is 4.41. The molecule has 0 aromatic carbocycles. The third kappa shape index (κ3) is 7.59. The Morgan fingerprint density at radius 2 is 1.96 bits per heavy atom. The molecule has 0 aromatic rings. The van der Waals surface area contributed by atoms with E-state index in [1.807, 2.05) is 0 Å². The number of guanidine groups is 1. The zero-order valence-corrected chi connectivity index (χ0v) is 18.1. The highest BCUT2D eigenvalue weighted by molar-refractivity contribution is 5.80. The van der Waals surface area contributed by atoms with Crippen LogP contribution < -0.4 is 5.32 Å². The van der Waals surface area contributed by atoms with Crippen LogP contribution in [0.4, 0.5) is 0 Å². The summed E-state index contributed by atoms with van der Waals surface area (Å²) in [5.41, 5.74) is 0. The van der Waals surface area contributed by atoms with Crippen LogP contribution in [0.1, 0.15) is 45.4 Å². The summed E-state index contributed by atoms with van der Waals surface area (Å²) >= 11 is 0. The molecule has 1 saturated carbocycles. The van der Waals surface area contributed by atoms with Crippen LogP contribution in [-0.2, 0) is 9.47 Å². The largest absolute Gasteiger partial charge is 0.382 e. The second-order valence-electron chi connectivity index (χ2n) is 8.29. The summed E-state index contributed by atoms with van der Waals surface area (Å²) in [5.74, 6) is 2.47. The van der Waals surface area contributed by atoms with Crippen LogP contribution in [0.5, 0.6) is 0 Å². The minimum absolute atomic E-state index is 0.551. The van der Waals surface area contributed by atoms with Crippen molar-refractivity contribution in [3.8, 4) is 0 Å². The number of rotatable bonds is 10. The molecule has 2 rings (SSSR count). The average Bonchev–Trinajstić information content (AvgIpc) is 3.14. The zero-order chi connectivity index (χ0) is 19.5. The lowest BCUT2D eigenvalue weighted by Crippen LogP contribution is -2.43. The van der Waals surface area contributed by atoms with E-state index in [1.165, 1.54) is 38.5 Å². The minimum Gasteiger partial charge on any atom is -0.382 e. The van der Waals surface area contributed by atoms with Gasteiger partial charge in [-0.05, 0) is 46.2 Å². The Labute approximate surface area is 166 Å². The van der Waals surface area contributed by atoms with Crippen LogP contribution in [0.25, 0.3) is 0 Å². The number of hydrogen-bond donors (Lipinski definition) is 1. The Kier molecular flexibility index (Phi) is 10.5. The van der Waals surface area contributed by atoms with Gasteiger partial charge in [0.2, 0.25) is 0 Å². The van der Waals surface area contributed by atoms with E-state index in [0.29, 0.717) is 25.2 Å². The van der Waals surface area contributed by atoms with E-state index >= 15 is 0 Å². The molecule has 1 saturated heterocycles. The second-order valence-corrected chi connectivity index (χ2v) is 8.29. The number of methoxy groups -OCH3 is 1. The smallest absolute Gasteiger partial charge is 0.193 e. The molecule has 0 spiro atoms. The number of likely N-dealkylation sites (N-methyl/N-ethyl adjacent to an activating group) is 1. The molecule has 0 amide bonds. The second kappa shape index (κ2) is 12.6. The van der Waals surface area contributed by atoms with Crippen molar-refractivity contribution in [1.82, 2.24) is 15.1 Å². The molecule has 6 nitrogen and oxygen atoms in total. The summed E-state index contributed by atoms with van der Waals surface area (Å²) in [4.78, 5) is 9.87. The molecule has 1 aliphatic carbocycles. The fraction of sp³-hybridized carbons (Fsp3) is 0.952. The lowest BCUT2D eigenvalue weighted by molar-refractivity contribution is 0.0536. The summed E-state index contributed by atoms with van der Waals surface area (Å²) in [6.45, 7) is 8.25. The first kappa shape index (κ1) is 22.4. The van der Waals surface area contributed by atoms with Gasteiger partial charge in [0.1, 0.15) is 0 Å². The Morgan fingerprint density at radius 1 is 1.19 bits per heavy atom. The lowest BCUT2D eigenvalue weighted by atomic mass is 9.83. The van der Waals surface area contributed by atoms with Crippen LogP contribution in [-0.4, -0.2) is 89.0 Å². The quantitative estimate of drug-likeness (QED) is 0.357. The molecular formula is C21H42N4O2. The van der Waals surface area contributed by atoms with Gasteiger partial charge in [0.05, 0.1) is 26.4 Å². The highest BCUT2D eigenvalue weighted by Crippen LogP contribution is 2.28. The number of ether oxygens (including phenoxy) is 2. The Balaban J connectivity index is 1.88. The molecule has 1 heterocycles. The van der Waals surface area contributed by atoms with Gasteiger partial charge in [-0.3, -0.25) is 4.99 Å². The molecular weight excluding hydrogens is 340 g/mol. The van der Waals surface area contributed by atoms with Gasteiger partial charge >= 0.3 is 0 Å². The Morgan fingerprint density at radius 3 is 2.63 bits per heavy atom. The average molecular weight is 383 g/mol. The summed E-state index contributed by atoms with van der Waals surface area (Å²) in [5, 5.41) is 3.52. The van der Waals surface area contributed by atoms with Crippen LogP contribution in [0.15, 0.2) is 4.99 Å². The van der Waals surface area contributed by atoms with E-state index in [2.05, 4.69) is 36.1 Å².